The molecule has 10 heteroatoms. The van der Waals surface area contributed by atoms with Crippen LogP contribution in [0.4, 0.5) is 24.7 Å². The van der Waals surface area contributed by atoms with Crippen LogP contribution in [0.3, 0.4) is 0 Å². The number of ether oxygens (including phenoxy) is 1. The standard InChI is InChI=1S/C15H12F3N3O4/c16-15(17,18)12-4-2-1-3-11(12)14(22)25-8-7-19-13-6-5-10(9-20-13)21(23)24/h1-6,9H,7-8H2,(H,19,20). The Morgan fingerprint density at radius 1 is 1.24 bits per heavy atom. The first kappa shape index (κ1) is 18.2. The minimum absolute atomic E-state index is 0.0741. The van der Waals surface area contributed by atoms with Crippen LogP contribution in [0.15, 0.2) is 42.6 Å². The molecular weight excluding hydrogens is 343 g/mol. The lowest BCUT2D eigenvalue weighted by molar-refractivity contribution is -0.385. The number of pyridine rings is 1. The summed E-state index contributed by atoms with van der Waals surface area (Å²) < 4.78 is 43.3. The second-order valence-corrected chi connectivity index (χ2v) is 4.76. The summed E-state index contributed by atoms with van der Waals surface area (Å²) in [5.41, 5.74) is -1.81. The largest absolute Gasteiger partial charge is 0.460 e. The average Bonchev–Trinajstić information content (AvgIpc) is 2.58. The van der Waals surface area contributed by atoms with Gasteiger partial charge >= 0.3 is 12.1 Å². The molecule has 2 aromatic rings. The molecule has 1 heterocycles. The lowest BCUT2D eigenvalue weighted by Gasteiger charge is -2.12. The van der Waals surface area contributed by atoms with Crippen LogP contribution in [0, 0.1) is 10.1 Å². The highest BCUT2D eigenvalue weighted by Gasteiger charge is 2.35. The number of nitrogens with zero attached hydrogens (tertiary/aromatic N) is 2. The van der Waals surface area contributed by atoms with Crippen LogP contribution in [0.25, 0.3) is 0 Å². The summed E-state index contributed by atoms with van der Waals surface area (Å²) in [6.45, 7) is -0.131. The molecule has 0 aliphatic carbocycles. The summed E-state index contributed by atoms with van der Waals surface area (Å²) in [6.07, 6.45) is -3.61. The topological polar surface area (TPSA) is 94.4 Å². The van der Waals surface area contributed by atoms with E-state index in [9.17, 15) is 28.1 Å². The SMILES string of the molecule is O=C(OCCNc1ccc([N+](=O)[O-])cn1)c1ccccc1C(F)(F)F. The number of hydrogen-bond donors (Lipinski definition) is 1. The van der Waals surface area contributed by atoms with Crippen molar-refractivity contribution in [2.24, 2.45) is 0 Å². The summed E-state index contributed by atoms with van der Waals surface area (Å²) >= 11 is 0. The van der Waals surface area contributed by atoms with E-state index in [2.05, 4.69) is 10.3 Å². The molecule has 0 unspecified atom stereocenters. The zero-order valence-corrected chi connectivity index (χ0v) is 12.6. The lowest BCUT2D eigenvalue weighted by atomic mass is 10.1. The van der Waals surface area contributed by atoms with E-state index in [1.807, 2.05) is 0 Å². The van der Waals surface area contributed by atoms with Gasteiger partial charge in [-0.1, -0.05) is 12.1 Å². The quantitative estimate of drug-likeness (QED) is 0.370. The minimum Gasteiger partial charge on any atom is -0.460 e. The first-order chi connectivity index (χ1) is 11.8. The monoisotopic (exact) mass is 355 g/mol. The molecular formula is C15H12F3N3O4. The highest BCUT2D eigenvalue weighted by Crippen LogP contribution is 2.32. The number of hydrogen-bond acceptors (Lipinski definition) is 6. The van der Waals surface area contributed by atoms with Crippen molar-refractivity contribution in [3.05, 3.63) is 63.8 Å². The zero-order valence-electron chi connectivity index (χ0n) is 12.6. The number of nitrogens with one attached hydrogen (secondary N) is 1. The van der Waals surface area contributed by atoms with Crippen molar-refractivity contribution in [2.75, 3.05) is 18.5 Å². The molecule has 0 atom stereocenters. The van der Waals surface area contributed by atoms with Crippen LogP contribution in [-0.2, 0) is 10.9 Å². The van der Waals surface area contributed by atoms with Crippen molar-refractivity contribution in [3.63, 3.8) is 0 Å². The fourth-order valence-corrected chi connectivity index (χ4v) is 1.91. The molecule has 0 spiro atoms. The van der Waals surface area contributed by atoms with Gasteiger partial charge in [-0.3, -0.25) is 10.1 Å². The van der Waals surface area contributed by atoms with Crippen molar-refractivity contribution < 1.29 is 27.6 Å². The molecule has 0 amide bonds. The lowest BCUT2D eigenvalue weighted by Crippen LogP contribution is -2.18. The first-order valence-corrected chi connectivity index (χ1v) is 6.96. The highest BCUT2D eigenvalue weighted by atomic mass is 19.4. The number of esters is 1. The number of carbonyl (C=O) groups is 1. The summed E-state index contributed by atoms with van der Waals surface area (Å²) in [6, 6.07) is 6.93. The van der Waals surface area contributed by atoms with Gasteiger partial charge in [0.25, 0.3) is 5.69 Å². The van der Waals surface area contributed by atoms with Crippen LogP contribution in [0.5, 0.6) is 0 Å². The molecule has 132 valence electrons. The van der Waals surface area contributed by atoms with Crippen molar-refractivity contribution >= 4 is 17.5 Å². The number of aromatic nitrogens is 1. The molecule has 0 radical (unpaired) electrons. The predicted octanol–water partition coefficient (Wildman–Crippen LogP) is 3.28. The highest BCUT2D eigenvalue weighted by molar-refractivity contribution is 5.91. The third-order valence-electron chi connectivity index (χ3n) is 3.05. The Hall–Kier alpha value is -3.17. The molecule has 0 aliphatic rings. The molecule has 25 heavy (non-hydrogen) atoms. The summed E-state index contributed by atoms with van der Waals surface area (Å²) in [5.74, 6) is -0.788. The first-order valence-electron chi connectivity index (χ1n) is 6.96. The van der Waals surface area contributed by atoms with Crippen LogP contribution in [-0.4, -0.2) is 29.0 Å². The van der Waals surface area contributed by atoms with Gasteiger partial charge in [-0.25, -0.2) is 9.78 Å². The van der Waals surface area contributed by atoms with E-state index in [0.717, 1.165) is 18.3 Å². The van der Waals surface area contributed by atoms with Crippen molar-refractivity contribution in [3.8, 4) is 0 Å². The van der Waals surface area contributed by atoms with Crippen molar-refractivity contribution in [1.29, 1.82) is 0 Å². The smallest absolute Gasteiger partial charge is 0.417 e. The van der Waals surface area contributed by atoms with E-state index in [0.29, 0.717) is 5.82 Å². The molecule has 0 bridgehead atoms. The molecule has 2 rings (SSSR count). The summed E-state index contributed by atoms with van der Waals surface area (Å²) in [4.78, 5) is 25.5. The van der Waals surface area contributed by atoms with Gasteiger partial charge in [-0.15, -0.1) is 0 Å². The Kier molecular flexibility index (Phi) is 5.52. The third kappa shape index (κ3) is 4.90. The number of halogens is 3. The molecule has 0 saturated carbocycles. The van der Waals surface area contributed by atoms with E-state index < -0.39 is 28.2 Å². The van der Waals surface area contributed by atoms with Gasteiger partial charge in [0.1, 0.15) is 18.6 Å². The molecule has 1 N–H and O–H groups in total. The van der Waals surface area contributed by atoms with E-state index in [1.165, 1.54) is 24.3 Å². The maximum absolute atomic E-state index is 12.8. The minimum atomic E-state index is -4.66. The van der Waals surface area contributed by atoms with Crippen molar-refractivity contribution in [1.82, 2.24) is 4.98 Å². The van der Waals surface area contributed by atoms with Crippen LogP contribution < -0.4 is 5.32 Å². The Balaban J connectivity index is 1.88. The van der Waals surface area contributed by atoms with Crippen LogP contribution >= 0.6 is 0 Å². The average molecular weight is 355 g/mol. The summed E-state index contributed by atoms with van der Waals surface area (Å²) in [5, 5.41) is 13.2. The van der Waals surface area contributed by atoms with E-state index in [4.69, 9.17) is 4.74 Å². The van der Waals surface area contributed by atoms with Gasteiger partial charge in [0.15, 0.2) is 0 Å². The molecule has 1 aromatic carbocycles. The Morgan fingerprint density at radius 3 is 2.56 bits per heavy atom. The number of alkyl halides is 3. The zero-order chi connectivity index (χ0) is 18.4. The van der Waals surface area contributed by atoms with Gasteiger partial charge in [0.2, 0.25) is 0 Å². The van der Waals surface area contributed by atoms with Gasteiger partial charge in [-0.2, -0.15) is 13.2 Å². The van der Waals surface area contributed by atoms with Crippen molar-refractivity contribution in [2.45, 2.75) is 6.18 Å². The molecule has 7 nitrogen and oxygen atoms in total. The Morgan fingerprint density at radius 2 is 1.96 bits per heavy atom. The molecule has 0 saturated heterocycles. The number of anilines is 1. The van der Waals surface area contributed by atoms with E-state index in [1.54, 1.807) is 0 Å². The Labute approximate surface area is 139 Å². The fraction of sp³-hybridized carbons (Fsp3) is 0.200. The number of rotatable bonds is 6. The second kappa shape index (κ2) is 7.60. The second-order valence-electron chi connectivity index (χ2n) is 4.76. The fourth-order valence-electron chi connectivity index (χ4n) is 1.91. The third-order valence-corrected chi connectivity index (χ3v) is 3.05. The van der Waals surface area contributed by atoms with E-state index in [-0.39, 0.29) is 18.8 Å². The van der Waals surface area contributed by atoms with Gasteiger partial charge < -0.3 is 10.1 Å². The van der Waals surface area contributed by atoms with Crippen LogP contribution in [0.1, 0.15) is 15.9 Å². The maximum Gasteiger partial charge on any atom is 0.417 e. The maximum atomic E-state index is 12.8. The normalized spacial score (nSPS) is 11.0. The molecule has 1 aromatic heterocycles. The van der Waals surface area contributed by atoms with Gasteiger partial charge in [-0.05, 0) is 18.2 Å². The predicted molar refractivity (Wildman–Crippen MR) is 81.1 cm³/mol. The van der Waals surface area contributed by atoms with E-state index >= 15 is 0 Å². The molecule has 0 aliphatic heterocycles. The number of benzene rings is 1. The van der Waals surface area contributed by atoms with Gasteiger partial charge in [0.05, 0.1) is 22.6 Å². The van der Waals surface area contributed by atoms with Crippen LogP contribution in [0.2, 0.25) is 0 Å². The summed E-state index contributed by atoms with van der Waals surface area (Å²) in [7, 11) is 0. The molecule has 0 fully saturated rings. The van der Waals surface area contributed by atoms with Gasteiger partial charge in [0, 0.05) is 6.07 Å². The number of nitro groups is 1. The Bertz CT molecular complexity index is 763. The number of carbonyl (C=O) groups excluding carboxylic acids is 1.